The summed E-state index contributed by atoms with van der Waals surface area (Å²) in [7, 11) is -0.904. The second-order valence-electron chi connectivity index (χ2n) is 10.0. The normalized spacial score (nSPS) is 16.6. The number of amides is 1. The Morgan fingerprint density at radius 1 is 1.19 bits per heavy atom. The predicted octanol–water partition coefficient (Wildman–Crippen LogP) is 5.63. The first kappa shape index (κ1) is 33.3. The highest BCUT2D eigenvalue weighted by atomic mass is 31.2. The van der Waals surface area contributed by atoms with Crippen molar-refractivity contribution in [2.75, 3.05) is 38.0 Å². The average Bonchev–Trinajstić information content (AvgIpc) is 3.45. The van der Waals surface area contributed by atoms with Crippen LogP contribution in [0.1, 0.15) is 40.7 Å². The third-order valence-corrected chi connectivity index (χ3v) is 8.90. The fourth-order valence-electron chi connectivity index (χ4n) is 4.76. The molecule has 1 atom stereocenters. The van der Waals surface area contributed by atoms with Crippen LogP contribution in [0, 0.1) is 11.3 Å². The van der Waals surface area contributed by atoms with Crippen molar-refractivity contribution in [1.82, 2.24) is 30.0 Å². The lowest BCUT2D eigenvalue weighted by Crippen LogP contribution is -2.21. The molecule has 14 nitrogen and oxygen atoms in total. The van der Waals surface area contributed by atoms with Gasteiger partial charge >= 0.3 is 13.8 Å². The Hall–Kier alpha value is -5.04. The molecular weight excluding hydrogens is 642 g/mol. The summed E-state index contributed by atoms with van der Waals surface area (Å²) in [5.41, 5.74) is -0.125. The molecule has 0 radical (unpaired) electrons. The topological polar surface area (TPSA) is 178 Å². The van der Waals surface area contributed by atoms with Crippen molar-refractivity contribution in [3.05, 3.63) is 65.2 Å². The maximum atomic E-state index is 14.1. The van der Waals surface area contributed by atoms with E-state index in [0.717, 1.165) is 0 Å². The molecule has 8 bridgehead atoms. The Bertz CT molecular complexity index is 1890. The molecule has 0 spiro atoms. The highest BCUT2D eigenvalue weighted by Crippen LogP contribution is 2.52. The number of aromatic nitrogens is 5. The third kappa shape index (κ3) is 7.35. The number of benzene rings is 1. The van der Waals surface area contributed by atoms with Gasteiger partial charge in [-0.1, -0.05) is 6.07 Å². The van der Waals surface area contributed by atoms with Gasteiger partial charge in [-0.3, -0.25) is 14.0 Å². The number of nitrogens with one attached hydrogen (secondary N) is 3. The van der Waals surface area contributed by atoms with Crippen molar-refractivity contribution in [2.45, 2.75) is 32.2 Å². The van der Waals surface area contributed by atoms with Crippen LogP contribution in [0.4, 0.5) is 36.3 Å². The molecule has 3 aromatic heterocycles. The van der Waals surface area contributed by atoms with Crippen LogP contribution < -0.4 is 20.7 Å². The molecule has 0 unspecified atom stereocenters. The highest BCUT2D eigenvalue weighted by Gasteiger charge is 2.36. The summed E-state index contributed by atoms with van der Waals surface area (Å²) >= 11 is 0. The van der Waals surface area contributed by atoms with Crippen molar-refractivity contribution in [3.8, 4) is 23.1 Å². The maximum Gasteiger partial charge on any atom is 0.421 e. The molecule has 0 saturated heterocycles. The second kappa shape index (κ2) is 13.8. The number of pyridine rings is 1. The molecule has 18 heteroatoms. The van der Waals surface area contributed by atoms with Crippen LogP contribution in [-0.4, -0.2) is 58.0 Å². The monoisotopic (exact) mass is 671 g/mol. The van der Waals surface area contributed by atoms with Crippen LogP contribution in [-0.2, 0) is 32.5 Å². The van der Waals surface area contributed by atoms with Crippen LogP contribution in [0.15, 0.2) is 42.7 Å². The van der Waals surface area contributed by atoms with Gasteiger partial charge in [0.2, 0.25) is 5.95 Å². The largest absolute Gasteiger partial charge is 0.495 e. The molecular formula is C29H29F3N9O5P. The van der Waals surface area contributed by atoms with Crippen molar-refractivity contribution in [2.24, 2.45) is 0 Å². The molecule has 1 amide bonds. The van der Waals surface area contributed by atoms with Crippen LogP contribution in [0.3, 0.4) is 0 Å². The quantitative estimate of drug-likeness (QED) is 0.228. The minimum absolute atomic E-state index is 0.0289. The lowest BCUT2D eigenvalue weighted by atomic mass is 10.1. The molecule has 4 aromatic rings. The van der Waals surface area contributed by atoms with Gasteiger partial charge in [-0.15, -0.1) is 0 Å². The van der Waals surface area contributed by atoms with Gasteiger partial charge in [-0.2, -0.15) is 28.5 Å². The summed E-state index contributed by atoms with van der Waals surface area (Å²) in [6, 6.07) is 9.65. The third-order valence-electron chi connectivity index (χ3n) is 6.92. The van der Waals surface area contributed by atoms with Crippen LogP contribution in [0.25, 0.3) is 11.3 Å². The molecule has 7 heterocycles. The fraction of sp³-hybridized carbons (Fsp3) is 0.310. The van der Waals surface area contributed by atoms with Gasteiger partial charge in [0.25, 0.3) is 5.91 Å². The Labute approximate surface area is 266 Å². The number of aryl methyl sites for hydroxylation is 1. The van der Waals surface area contributed by atoms with E-state index >= 15 is 0 Å². The number of nitriles is 1. The lowest BCUT2D eigenvalue weighted by Gasteiger charge is -2.19. The Kier molecular flexibility index (Phi) is 9.75. The Balaban J connectivity index is 1.66. The number of anilines is 4. The maximum absolute atomic E-state index is 14.1. The zero-order valence-electron chi connectivity index (χ0n) is 25.4. The van der Waals surface area contributed by atoms with Gasteiger partial charge in [0.1, 0.15) is 28.9 Å². The molecule has 4 aliphatic heterocycles. The zero-order chi connectivity index (χ0) is 33.8. The predicted molar refractivity (Wildman–Crippen MR) is 164 cm³/mol. The van der Waals surface area contributed by atoms with E-state index in [1.54, 1.807) is 25.1 Å². The van der Waals surface area contributed by atoms with Gasteiger partial charge in [0.05, 0.1) is 55.3 Å². The van der Waals surface area contributed by atoms with Crippen LogP contribution in [0.5, 0.6) is 5.75 Å². The van der Waals surface area contributed by atoms with Crippen molar-refractivity contribution in [1.29, 1.82) is 5.26 Å². The number of alkyl halides is 3. The van der Waals surface area contributed by atoms with Crippen molar-refractivity contribution < 1.29 is 36.3 Å². The van der Waals surface area contributed by atoms with E-state index < -0.39 is 31.1 Å². The number of methoxy groups -OCH3 is 1. The number of hydrogen-bond acceptors (Lipinski definition) is 12. The molecule has 8 rings (SSSR count). The van der Waals surface area contributed by atoms with Gasteiger partial charge < -0.3 is 29.7 Å². The highest BCUT2D eigenvalue weighted by molar-refractivity contribution is 7.53. The van der Waals surface area contributed by atoms with E-state index in [1.165, 1.54) is 37.2 Å². The molecule has 47 heavy (non-hydrogen) atoms. The number of rotatable bonds is 4. The Morgan fingerprint density at radius 2 is 1.98 bits per heavy atom. The second-order valence-corrected chi connectivity index (χ2v) is 12.1. The van der Waals surface area contributed by atoms with Gasteiger partial charge in [0.15, 0.2) is 5.69 Å². The van der Waals surface area contributed by atoms with Gasteiger partial charge in [-0.05, 0) is 43.2 Å². The number of nitrogens with zero attached hydrogens (tertiary/aromatic N) is 6. The first-order valence-corrected chi connectivity index (χ1v) is 15.9. The minimum atomic E-state index is -4.86. The number of carbonyl (C=O) groups is 1. The number of halogens is 3. The van der Waals surface area contributed by atoms with Crippen LogP contribution >= 0.6 is 7.60 Å². The summed E-state index contributed by atoms with van der Waals surface area (Å²) in [6.07, 6.45) is -2.64. The summed E-state index contributed by atoms with van der Waals surface area (Å²) in [5.74, 6) is -1.34. The molecule has 3 N–H and O–H groups in total. The molecule has 4 aliphatic rings. The zero-order valence-corrected chi connectivity index (χ0v) is 26.3. The lowest BCUT2D eigenvalue weighted by molar-refractivity contribution is -0.137. The average molecular weight is 672 g/mol. The van der Waals surface area contributed by atoms with Crippen molar-refractivity contribution in [3.63, 3.8) is 0 Å². The van der Waals surface area contributed by atoms with E-state index in [9.17, 15) is 27.8 Å². The van der Waals surface area contributed by atoms with Crippen LogP contribution in [0.2, 0.25) is 0 Å². The number of ether oxygens (including phenoxy) is 1. The number of carbonyl (C=O) groups excluding carboxylic acids is 1. The molecule has 246 valence electrons. The number of hydrogen-bond donors (Lipinski definition) is 3. The smallest absolute Gasteiger partial charge is 0.421 e. The fourth-order valence-corrected chi connectivity index (χ4v) is 6.46. The molecule has 0 fully saturated rings. The van der Waals surface area contributed by atoms with Crippen molar-refractivity contribution >= 4 is 36.6 Å². The first-order valence-electron chi connectivity index (χ1n) is 14.2. The van der Waals surface area contributed by atoms with E-state index in [4.69, 9.17) is 13.8 Å². The first-order chi connectivity index (χ1) is 22.5. The SMILES string of the molecule is CCO[P@@]1(=O)Cc2ccc(c(OC)c2)Nc2ncc(C(F)(F)F)c(n2)Nc2ccc(nc2C(=O)NC)-c2cnn(c2C#N)CCCO1. The summed E-state index contributed by atoms with van der Waals surface area (Å²) in [4.78, 5) is 25.2. The van der Waals surface area contributed by atoms with Gasteiger partial charge in [0, 0.05) is 19.8 Å². The Morgan fingerprint density at radius 3 is 2.68 bits per heavy atom. The summed E-state index contributed by atoms with van der Waals surface area (Å²) in [6.45, 7) is 2.05. The molecule has 1 aromatic carbocycles. The standard InChI is InChI=1S/C29H29F3N9O5P/c1-4-45-47(43)16-17-6-7-21(24(12-17)44-3)39-28-35-15-19(29(30,31)32)26(40-28)38-22-9-8-20(37-25(22)27(42)34-2)18-14-36-41(23(18)13-33)10-5-11-46-47/h6-9,12,14-15H,4-5,10-11,16H2,1-3H3,(H,34,42)(H2,35,38,39,40)/t47-/m0/s1. The van der Waals surface area contributed by atoms with E-state index in [1.807, 2.05) is 0 Å². The van der Waals surface area contributed by atoms with Gasteiger partial charge in [-0.25, -0.2) is 9.97 Å². The van der Waals surface area contributed by atoms with E-state index in [0.29, 0.717) is 23.9 Å². The summed E-state index contributed by atoms with van der Waals surface area (Å²) < 4.78 is 74.1. The summed E-state index contributed by atoms with van der Waals surface area (Å²) in [5, 5.41) is 22.1. The van der Waals surface area contributed by atoms with E-state index in [-0.39, 0.29) is 66.0 Å². The minimum Gasteiger partial charge on any atom is -0.495 e. The molecule has 0 aliphatic carbocycles. The molecule has 0 saturated carbocycles. The van der Waals surface area contributed by atoms with E-state index in [2.05, 4.69) is 42.1 Å².